The second kappa shape index (κ2) is 7.04. The molecule has 26 heavy (non-hydrogen) atoms. The average Bonchev–Trinajstić information content (AvgIpc) is 2.95. The van der Waals surface area contributed by atoms with Crippen LogP contribution >= 0.6 is 0 Å². The highest BCUT2D eigenvalue weighted by atomic mass is 16.1. The number of nitrogens with zero attached hydrogens (tertiary/aromatic N) is 1. The van der Waals surface area contributed by atoms with Crippen LogP contribution in [0.5, 0.6) is 0 Å². The number of carbonyl (C=O) groups is 1. The van der Waals surface area contributed by atoms with Gasteiger partial charge in [0.1, 0.15) is 6.17 Å². The maximum Gasteiger partial charge on any atom is 0.252 e. The Labute approximate surface area is 154 Å². The van der Waals surface area contributed by atoms with Crippen LogP contribution in [0.3, 0.4) is 0 Å². The van der Waals surface area contributed by atoms with E-state index in [-0.39, 0.29) is 18.0 Å². The molecule has 130 valence electrons. The third kappa shape index (κ3) is 3.08. The van der Waals surface area contributed by atoms with Crippen LogP contribution in [-0.2, 0) is 6.42 Å². The first-order valence-electron chi connectivity index (χ1n) is 8.95. The van der Waals surface area contributed by atoms with Gasteiger partial charge < -0.3 is 10.2 Å². The normalized spacial score (nSPS) is 18.4. The van der Waals surface area contributed by atoms with Crippen molar-refractivity contribution in [2.45, 2.75) is 18.5 Å². The number of anilines is 1. The number of amides is 1. The summed E-state index contributed by atoms with van der Waals surface area (Å²) in [6.07, 6.45) is 0.822. The van der Waals surface area contributed by atoms with Crippen molar-refractivity contribution in [2.75, 3.05) is 11.9 Å². The number of fused-ring (bicyclic) bond motifs is 1. The molecule has 1 amide bonds. The summed E-state index contributed by atoms with van der Waals surface area (Å²) < 4.78 is 0. The molecule has 3 heteroatoms. The summed E-state index contributed by atoms with van der Waals surface area (Å²) in [6, 6.07) is 28.3. The first-order valence-corrected chi connectivity index (χ1v) is 8.95. The SMILES string of the molecule is CN1c2ccccc2[C@H](Cc2ccccc2)[C@@H]1NC(=O)c1ccccc1. The summed E-state index contributed by atoms with van der Waals surface area (Å²) in [7, 11) is 2.06. The Morgan fingerprint density at radius 1 is 0.885 bits per heavy atom. The average molecular weight is 342 g/mol. The van der Waals surface area contributed by atoms with Crippen LogP contribution in [0.1, 0.15) is 27.4 Å². The number of rotatable bonds is 4. The maximum atomic E-state index is 12.8. The summed E-state index contributed by atoms with van der Waals surface area (Å²) in [5.74, 6) is 0.180. The van der Waals surface area contributed by atoms with Gasteiger partial charge in [0.05, 0.1) is 0 Å². The monoisotopic (exact) mass is 342 g/mol. The Morgan fingerprint density at radius 3 is 2.23 bits per heavy atom. The third-order valence-electron chi connectivity index (χ3n) is 5.13. The first kappa shape index (κ1) is 16.4. The highest BCUT2D eigenvalue weighted by Gasteiger charge is 2.37. The van der Waals surface area contributed by atoms with Gasteiger partial charge in [-0.3, -0.25) is 4.79 Å². The Balaban J connectivity index is 1.64. The number of carbonyl (C=O) groups excluding carboxylic acids is 1. The molecule has 0 aromatic heterocycles. The van der Waals surface area contributed by atoms with Gasteiger partial charge in [-0.2, -0.15) is 0 Å². The lowest BCUT2D eigenvalue weighted by atomic mass is 9.91. The topological polar surface area (TPSA) is 32.3 Å². The molecule has 0 aliphatic carbocycles. The van der Waals surface area contributed by atoms with Gasteiger partial charge in [0.25, 0.3) is 5.91 Å². The van der Waals surface area contributed by atoms with Crippen LogP contribution in [0.2, 0.25) is 0 Å². The fourth-order valence-electron chi connectivity index (χ4n) is 3.81. The molecule has 4 rings (SSSR count). The van der Waals surface area contributed by atoms with Gasteiger partial charge in [-0.05, 0) is 35.7 Å². The van der Waals surface area contributed by atoms with Crippen molar-refractivity contribution >= 4 is 11.6 Å². The van der Waals surface area contributed by atoms with Gasteiger partial charge in [-0.15, -0.1) is 0 Å². The Kier molecular flexibility index (Phi) is 4.44. The van der Waals surface area contributed by atoms with Gasteiger partial charge >= 0.3 is 0 Å². The van der Waals surface area contributed by atoms with Crippen LogP contribution in [0.15, 0.2) is 84.9 Å². The van der Waals surface area contributed by atoms with Crippen LogP contribution in [0, 0.1) is 0 Å². The Morgan fingerprint density at radius 2 is 1.50 bits per heavy atom. The molecule has 0 bridgehead atoms. The van der Waals surface area contributed by atoms with E-state index in [1.54, 1.807) is 0 Å². The minimum absolute atomic E-state index is 0.0340. The van der Waals surface area contributed by atoms with E-state index in [1.165, 1.54) is 16.8 Å². The minimum Gasteiger partial charge on any atom is -0.354 e. The number of para-hydroxylation sites is 1. The largest absolute Gasteiger partial charge is 0.354 e. The van der Waals surface area contributed by atoms with Gasteiger partial charge in [-0.25, -0.2) is 0 Å². The molecule has 0 saturated heterocycles. The second-order valence-electron chi connectivity index (χ2n) is 6.75. The van der Waals surface area contributed by atoms with E-state index < -0.39 is 0 Å². The molecule has 1 aliphatic heterocycles. The zero-order valence-electron chi connectivity index (χ0n) is 14.8. The van der Waals surface area contributed by atoms with Crippen molar-refractivity contribution in [1.82, 2.24) is 5.32 Å². The van der Waals surface area contributed by atoms with E-state index in [2.05, 4.69) is 65.8 Å². The summed E-state index contributed by atoms with van der Waals surface area (Å²) in [4.78, 5) is 14.9. The molecular formula is C23H22N2O. The molecule has 0 fully saturated rings. The molecule has 1 heterocycles. The number of benzene rings is 3. The zero-order chi connectivity index (χ0) is 17.9. The number of nitrogens with one attached hydrogen (secondary N) is 1. The molecule has 0 saturated carbocycles. The fraction of sp³-hybridized carbons (Fsp3) is 0.174. The molecule has 2 atom stereocenters. The number of likely N-dealkylation sites (N-methyl/N-ethyl adjacent to an activating group) is 1. The van der Waals surface area contributed by atoms with E-state index in [1.807, 2.05) is 36.4 Å². The lowest BCUT2D eigenvalue weighted by Crippen LogP contribution is -2.47. The maximum absolute atomic E-state index is 12.8. The lowest BCUT2D eigenvalue weighted by Gasteiger charge is -2.28. The molecule has 1 N–H and O–H groups in total. The van der Waals surface area contributed by atoms with Crippen molar-refractivity contribution in [3.63, 3.8) is 0 Å². The summed E-state index contributed by atoms with van der Waals surface area (Å²) in [6.45, 7) is 0. The molecule has 0 unspecified atom stereocenters. The van der Waals surface area contributed by atoms with Gasteiger partial charge in [0.15, 0.2) is 0 Å². The van der Waals surface area contributed by atoms with Crippen molar-refractivity contribution in [3.05, 3.63) is 102 Å². The van der Waals surface area contributed by atoms with Crippen LogP contribution in [0.25, 0.3) is 0 Å². The quantitative estimate of drug-likeness (QED) is 0.770. The summed E-state index contributed by atoms with van der Waals surface area (Å²) in [5.41, 5.74) is 4.45. The molecular weight excluding hydrogens is 320 g/mol. The predicted octanol–water partition coefficient (Wildman–Crippen LogP) is 4.22. The van der Waals surface area contributed by atoms with Gasteiger partial charge in [0.2, 0.25) is 0 Å². The number of hydrogen-bond acceptors (Lipinski definition) is 2. The lowest BCUT2D eigenvalue weighted by molar-refractivity contribution is 0.0932. The summed E-state index contributed by atoms with van der Waals surface area (Å²) in [5, 5.41) is 3.25. The smallest absolute Gasteiger partial charge is 0.252 e. The van der Waals surface area contributed by atoms with Gasteiger partial charge in [-0.1, -0.05) is 66.7 Å². The van der Waals surface area contributed by atoms with E-state index >= 15 is 0 Å². The molecule has 0 spiro atoms. The fourth-order valence-corrected chi connectivity index (χ4v) is 3.81. The first-order chi connectivity index (χ1) is 12.7. The standard InChI is InChI=1S/C23H22N2O/c1-25-21-15-9-8-14-19(21)20(16-17-10-4-2-5-11-17)22(25)24-23(26)18-12-6-3-7-13-18/h2-15,20,22H,16H2,1H3,(H,24,26)/t20-,22+/m0/s1. The molecule has 3 nitrogen and oxygen atoms in total. The van der Waals surface area contributed by atoms with Crippen LogP contribution in [0.4, 0.5) is 5.69 Å². The van der Waals surface area contributed by atoms with E-state index in [9.17, 15) is 4.79 Å². The third-order valence-corrected chi connectivity index (χ3v) is 5.13. The molecule has 0 radical (unpaired) electrons. The van der Waals surface area contributed by atoms with E-state index in [4.69, 9.17) is 0 Å². The number of hydrogen-bond donors (Lipinski definition) is 1. The second-order valence-corrected chi connectivity index (χ2v) is 6.75. The van der Waals surface area contributed by atoms with Crippen molar-refractivity contribution in [3.8, 4) is 0 Å². The highest BCUT2D eigenvalue weighted by molar-refractivity contribution is 5.94. The Bertz CT molecular complexity index is 892. The molecule has 3 aromatic rings. The van der Waals surface area contributed by atoms with Crippen molar-refractivity contribution in [2.24, 2.45) is 0 Å². The zero-order valence-corrected chi connectivity index (χ0v) is 14.8. The van der Waals surface area contributed by atoms with Gasteiger partial charge in [0, 0.05) is 24.2 Å². The van der Waals surface area contributed by atoms with E-state index in [0.29, 0.717) is 5.56 Å². The van der Waals surface area contributed by atoms with Crippen LogP contribution < -0.4 is 10.2 Å². The van der Waals surface area contributed by atoms with Crippen molar-refractivity contribution in [1.29, 1.82) is 0 Å². The van der Waals surface area contributed by atoms with E-state index in [0.717, 1.165) is 6.42 Å². The minimum atomic E-state index is -0.0692. The van der Waals surface area contributed by atoms with Crippen molar-refractivity contribution < 1.29 is 4.79 Å². The molecule has 3 aromatic carbocycles. The predicted molar refractivity (Wildman–Crippen MR) is 105 cm³/mol. The van der Waals surface area contributed by atoms with Crippen LogP contribution in [-0.4, -0.2) is 19.1 Å². The Hall–Kier alpha value is -3.07. The summed E-state index contributed by atoms with van der Waals surface area (Å²) >= 11 is 0. The molecule has 1 aliphatic rings. The highest BCUT2D eigenvalue weighted by Crippen LogP contribution is 2.40.